The van der Waals surface area contributed by atoms with Gasteiger partial charge in [0.1, 0.15) is 5.60 Å². The zero-order valence-electron chi connectivity index (χ0n) is 14.1. The predicted octanol–water partition coefficient (Wildman–Crippen LogP) is 4.13. The molecule has 122 valence electrons. The molecule has 0 radical (unpaired) electrons. The summed E-state index contributed by atoms with van der Waals surface area (Å²) >= 11 is 0. The van der Waals surface area contributed by atoms with Gasteiger partial charge in [0.05, 0.1) is 0 Å². The lowest BCUT2D eigenvalue weighted by atomic mass is 9.80. The lowest BCUT2D eigenvalue weighted by molar-refractivity contribution is 0.0490. The highest BCUT2D eigenvalue weighted by molar-refractivity contribution is 5.68. The maximum atomic E-state index is 11.9. The molecule has 1 aromatic carbocycles. The smallest absolute Gasteiger partial charge is 0.407 e. The molecule has 1 saturated carbocycles. The van der Waals surface area contributed by atoms with Crippen LogP contribution in [0.5, 0.6) is 0 Å². The molecule has 22 heavy (non-hydrogen) atoms. The Labute approximate surface area is 133 Å². The van der Waals surface area contributed by atoms with Crippen molar-refractivity contribution in [2.24, 2.45) is 0 Å². The second kappa shape index (κ2) is 6.59. The van der Waals surface area contributed by atoms with Gasteiger partial charge in [0.2, 0.25) is 0 Å². The van der Waals surface area contributed by atoms with Crippen molar-refractivity contribution >= 4 is 11.8 Å². The van der Waals surface area contributed by atoms with E-state index in [2.05, 4.69) is 24.4 Å². The van der Waals surface area contributed by atoms with E-state index < -0.39 is 5.60 Å². The monoisotopic (exact) mass is 304 g/mol. The minimum atomic E-state index is -0.456. The number of anilines is 1. The van der Waals surface area contributed by atoms with Gasteiger partial charge in [-0.2, -0.15) is 0 Å². The first kappa shape index (κ1) is 16.7. The van der Waals surface area contributed by atoms with Gasteiger partial charge >= 0.3 is 6.09 Å². The average Bonchev–Trinajstić information content (AvgIpc) is 2.39. The number of benzene rings is 1. The van der Waals surface area contributed by atoms with Crippen LogP contribution in [0.4, 0.5) is 10.5 Å². The minimum Gasteiger partial charge on any atom is -0.444 e. The maximum Gasteiger partial charge on any atom is 0.407 e. The maximum absolute atomic E-state index is 11.9. The third kappa shape index (κ3) is 4.65. The van der Waals surface area contributed by atoms with E-state index in [0.29, 0.717) is 5.92 Å². The molecule has 1 aliphatic rings. The van der Waals surface area contributed by atoms with Gasteiger partial charge in [0, 0.05) is 11.7 Å². The molecule has 1 fully saturated rings. The lowest BCUT2D eigenvalue weighted by Crippen LogP contribution is -2.41. The minimum absolute atomic E-state index is 0.175. The van der Waals surface area contributed by atoms with Gasteiger partial charge in [-0.3, -0.25) is 0 Å². The third-order valence-corrected chi connectivity index (χ3v) is 4.14. The van der Waals surface area contributed by atoms with E-state index in [1.165, 1.54) is 11.1 Å². The van der Waals surface area contributed by atoms with Crippen LogP contribution in [-0.4, -0.2) is 17.7 Å². The highest BCUT2D eigenvalue weighted by atomic mass is 16.6. The number of nitrogens with one attached hydrogen (secondary N) is 1. The zero-order valence-corrected chi connectivity index (χ0v) is 14.1. The molecule has 0 aromatic heterocycles. The number of carbonyl (C=O) groups excluding carboxylic acids is 1. The Morgan fingerprint density at radius 3 is 2.73 bits per heavy atom. The van der Waals surface area contributed by atoms with Crippen LogP contribution in [-0.2, 0) is 4.74 Å². The van der Waals surface area contributed by atoms with Crippen molar-refractivity contribution in [1.29, 1.82) is 0 Å². The molecule has 0 spiro atoms. The first-order chi connectivity index (χ1) is 10.2. The van der Waals surface area contributed by atoms with Crippen LogP contribution in [0.1, 0.15) is 63.5 Å². The van der Waals surface area contributed by atoms with Crippen LogP contribution < -0.4 is 11.1 Å². The van der Waals surface area contributed by atoms with Crippen LogP contribution in [0.15, 0.2) is 18.2 Å². The Morgan fingerprint density at radius 2 is 2.05 bits per heavy atom. The first-order valence-electron chi connectivity index (χ1n) is 8.10. The fourth-order valence-corrected chi connectivity index (χ4v) is 3.18. The summed E-state index contributed by atoms with van der Waals surface area (Å²) in [5.74, 6) is 0.456. The number of ether oxygens (including phenoxy) is 1. The molecule has 1 aliphatic carbocycles. The summed E-state index contributed by atoms with van der Waals surface area (Å²) in [4.78, 5) is 11.9. The number of alkyl carbamates (subject to hydrolysis) is 1. The molecule has 0 aliphatic heterocycles. The number of rotatable bonds is 2. The zero-order chi connectivity index (χ0) is 16.3. The first-order valence-corrected chi connectivity index (χ1v) is 8.10. The van der Waals surface area contributed by atoms with Crippen molar-refractivity contribution in [3.63, 3.8) is 0 Å². The molecule has 0 bridgehead atoms. The molecule has 4 heteroatoms. The van der Waals surface area contributed by atoms with Gasteiger partial charge in [0.25, 0.3) is 0 Å². The molecule has 0 heterocycles. The number of hydrogen-bond donors (Lipinski definition) is 2. The number of amides is 1. The highest BCUT2D eigenvalue weighted by Gasteiger charge is 2.27. The molecule has 3 N–H and O–H groups in total. The van der Waals surface area contributed by atoms with E-state index in [1.54, 1.807) is 0 Å². The van der Waals surface area contributed by atoms with Crippen molar-refractivity contribution in [3.8, 4) is 0 Å². The number of nitrogen functional groups attached to an aromatic ring is 1. The van der Waals surface area contributed by atoms with Crippen LogP contribution >= 0.6 is 0 Å². The van der Waals surface area contributed by atoms with Gasteiger partial charge < -0.3 is 15.8 Å². The summed E-state index contributed by atoms with van der Waals surface area (Å²) in [6.07, 6.45) is 3.90. The molecular formula is C18H28N2O2. The Balaban J connectivity index is 2.00. The van der Waals surface area contributed by atoms with Crippen LogP contribution in [0.3, 0.4) is 0 Å². The fraction of sp³-hybridized carbons (Fsp3) is 0.611. The van der Waals surface area contributed by atoms with Crippen molar-refractivity contribution in [2.75, 3.05) is 5.73 Å². The van der Waals surface area contributed by atoms with Crippen molar-refractivity contribution in [1.82, 2.24) is 5.32 Å². The standard InChI is InChI=1S/C18H28N2O2/c1-12-8-9-14(19)11-16(12)13-6-5-7-15(10-13)20-17(21)22-18(2,3)4/h8-9,11,13,15H,5-7,10,19H2,1-4H3,(H,20,21)/t13-,15-/m1/s1. The van der Waals surface area contributed by atoms with Gasteiger partial charge in [-0.15, -0.1) is 0 Å². The molecule has 2 atom stereocenters. The summed E-state index contributed by atoms with van der Waals surface area (Å²) in [5, 5.41) is 3.02. The average molecular weight is 304 g/mol. The van der Waals surface area contributed by atoms with Crippen molar-refractivity contribution < 1.29 is 9.53 Å². The molecule has 1 aromatic rings. The summed E-state index contributed by atoms with van der Waals surface area (Å²) in [7, 11) is 0. The number of nitrogens with two attached hydrogens (primary N) is 1. The SMILES string of the molecule is Cc1ccc(N)cc1[C@@H]1CCC[C@@H](NC(=O)OC(C)(C)C)C1. The van der Waals surface area contributed by atoms with E-state index in [-0.39, 0.29) is 12.1 Å². The third-order valence-electron chi connectivity index (χ3n) is 4.14. The van der Waals surface area contributed by atoms with Crippen molar-refractivity contribution in [2.45, 2.75) is 70.9 Å². The second-order valence-corrected chi connectivity index (χ2v) is 7.32. The quantitative estimate of drug-likeness (QED) is 0.807. The molecule has 4 nitrogen and oxygen atoms in total. The van der Waals surface area contributed by atoms with Crippen LogP contribution in [0, 0.1) is 6.92 Å². The molecular weight excluding hydrogens is 276 g/mol. The normalized spacial score (nSPS) is 22.2. The van der Waals surface area contributed by atoms with Gasteiger partial charge in [-0.05, 0) is 76.1 Å². The largest absolute Gasteiger partial charge is 0.444 e. The fourth-order valence-electron chi connectivity index (χ4n) is 3.18. The Kier molecular flexibility index (Phi) is 4.99. The van der Waals surface area contributed by atoms with E-state index in [4.69, 9.17) is 10.5 Å². The van der Waals surface area contributed by atoms with E-state index in [1.807, 2.05) is 26.8 Å². The second-order valence-electron chi connectivity index (χ2n) is 7.32. The van der Waals surface area contributed by atoms with Gasteiger partial charge in [0.15, 0.2) is 0 Å². The van der Waals surface area contributed by atoms with Crippen molar-refractivity contribution in [3.05, 3.63) is 29.3 Å². The molecule has 2 rings (SSSR count). The molecule has 0 unspecified atom stereocenters. The summed E-state index contributed by atoms with van der Waals surface area (Å²) in [6.45, 7) is 7.77. The highest BCUT2D eigenvalue weighted by Crippen LogP contribution is 2.35. The van der Waals surface area contributed by atoms with E-state index in [9.17, 15) is 4.79 Å². The molecule has 1 amide bonds. The summed E-state index contributed by atoms with van der Waals surface area (Å²) in [5.41, 5.74) is 8.87. The van der Waals surface area contributed by atoms with Gasteiger partial charge in [-0.1, -0.05) is 12.5 Å². The molecule has 0 saturated heterocycles. The summed E-state index contributed by atoms with van der Waals surface area (Å²) < 4.78 is 5.35. The lowest BCUT2D eigenvalue weighted by Gasteiger charge is -2.31. The van der Waals surface area contributed by atoms with Gasteiger partial charge in [-0.25, -0.2) is 4.79 Å². The number of hydrogen-bond acceptors (Lipinski definition) is 3. The Morgan fingerprint density at radius 1 is 1.32 bits per heavy atom. The van der Waals surface area contributed by atoms with E-state index in [0.717, 1.165) is 31.4 Å². The Bertz CT molecular complexity index is 534. The predicted molar refractivity (Wildman–Crippen MR) is 90.0 cm³/mol. The summed E-state index contributed by atoms with van der Waals surface area (Å²) in [6, 6.07) is 6.28. The topological polar surface area (TPSA) is 64.3 Å². The number of aryl methyl sites for hydroxylation is 1. The Hall–Kier alpha value is -1.71. The van der Waals surface area contributed by atoms with Crippen LogP contribution in [0.2, 0.25) is 0 Å². The van der Waals surface area contributed by atoms with E-state index >= 15 is 0 Å². The van der Waals surface area contributed by atoms with Crippen LogP contribution in [0.25, 0.3) is 0 Å². The number of carbonyl (C=O) groups is 1.